The second kappa shape index (κ2) is 7.19. The van der Waals surface area contributed by atoms with E-state index in [9.17, 15) is 9.59 Å². The zero-order valence-corrected chi connectivity index (χ0v) is 12.0. The Bertz CT molecular complexity index is 524. The summed E-state index contributed by atoms with van der Waals surface area (Å²) in [5.74, 6) is -1.40. The molecule has 1 aromatic carbocycles. The smallest absolute Gasteiger partial charge is 0.337 e. The van der Waals surface area contributed by atoms with Crippen molar-refractivity contribution in [2.75, 3.05) is 25.0 Å². The van der Waals surface area contributed by atoms with E-state index in [-0.39, 0.29) is 24.2 Å². The van der Waals surface area contributed by atoms with Crippen LogP contribution in [0.4, 0.5) is 5.69 Å². The third kappa shape index (κ3) is 4.54. The normalized spacial score (nSPS) is 15.7. The van der Waals surface area contributed by atoms with Crippen LogP contribution >= 0.6 is 0 Å². The predicted molar refractivity (Wildman–Crippen MR) is 78.6 cm³/mol. The molecule has 1 aromatic rings. The zero-order valence-electron chi connectivity index (χ0n) is 12.0. The number of nitrogens with one attached hydrogen (secondary N) is 2. The van der Waals surface area contributed by atoms with Crippen LogP contribution in [0.15, 0.2) is 18.2 Å². The molecule has 0 saturated carbocycles. The molecule has 2 rings (SSSR count). The molecule has 0 atom stereocenters. The topological polar surface area (TPSA) is 87.7 Å². The molecule has 1 heterocycles. The van der Waals surface area contributed by atoms with E-state index in [1.165, 1.54) is 6.07 Å². The van der Waals surface area contributed by atoms with Gasteiger partial charge in [0.25, 0.3) is 0 Å². The van der Waals surface area contributed by atoms with Gasteiger partial charge in [0.1, 0.15) is 6.61 Å². The van der Waals surface area contributed by atoms with Gasteiger partial charge in [-0.15, -0.1) is 0 Å². The number of amides is 1. The van der Waals surface area contributed by atoms with E-state index in [1.807, 2.05) is 0 Å². The minimum Gasteiger partial charge on any atom is -0.478 e. The summed E-state index contributed by atoms with van der Waals surface area (Å²) in [6.07, 6.45) is 1.87. The number of aromatic carboxylic acids is 1. The molecule has 0 bridgehead atoms. The van der Waals surface area contributed by atoms with E-state index in [0.29, 0.717) is 5.69 Å². The van der Waals surface area contributed by atoms with E-state index in [4.69, 9.17) is 9.84 Å². The van der Waals surface area contributed by atoms with Gasteiger partial charge in [0.2, 0.25) is 5.91 Å². The number of carbonyl (C=O) groups excluding carboxylic acids is 1. The van der Waals surface area contributed by atoms with Crippen molar-refractivity contribution in [1.82, 2.24) is 5.32 Å². The number of piperidine rings is 1. The van der Waals surface area contributed by atoms with Crippen molar-refractivity contribution in [3.63, 3.8) is 0 Å². The summed E-state index contributed by atoms with van der Waals surface area (Å²) in [6, 6.07) is 4.89. The van der Waals surface area contributed by atoms with Gasteiger partial charge >= 0.3 is 5.97 Å². The molecule has 114 valence electrons. The van der Waals surface area contributed by atoms with Crippen molar-refractivity contribution in [3.8, 4) is 0 Å². The number of carboxylic acid groups (broad SMARTS) is 1. The largest absolute Gasteiger partial charge is 0.478 e. The number of hydrogen-bond donors (Lipinski definition) is 3. The minimum atomic E-state index is -1.06. The predicted octanol–water partition coefficient (Wildman–Crippen LogP) is 1.40. The van der Waals surface area contributed by atoms with Gasteiger partial charge in [-0.2, -0.15) is 0 Å². The monoisotopic (exact) mass is 292 g/mol. The number of rotatable bonds is 5. The summed E-state index contributed by atoms with van der Waals surface area (Å²) in [6.45, 7) is 3.54. The van der Waals surface area contributed by atoms with Crippen LogP contribution in [-0.4, -0.2) is 42.8 Å². The Morgan fingerprint density at radius 3 is 2.76 bits per heavy atom. The van der Waals surface area contributed by atoms with E-state index in [1.54, 1.807) is 19.1 Å². The van der Waals surface area contributed by atoms with Gasteiger partial charge in [-0.25, -0.2) is 4.79 Å². The Balaban J connectivity index is 1.91. The van der Waals surface area contributed by atoms with Gasteiger partial charge in [-0.3, -0.25) is 4.79 Å². The lowest BCUT2D eigenvalue weighted by atomic mass is 10.1. The SMILES string of the molecule is Cc1ccc(NC(=O)COC2CCNCC2)c(C(=O)O)c1. The molecule has 0 aromatic heterocycles. The molecule has 0 spiro atoms. The Hall–Kier alpha value is -1.92. The van der Waals surface area contributed by atoms with Crippen LogP contribution in [0.25, 0.3) is 0 Å². The number of hydrogen-bond acceptors (Lipinski definition) is 4. The zero-order chi connectivity index (χ0) is 15.2. The first-order valence-corrected chi connectivity index (χ1v) is 7.02. The standard InChI is InChI=1S/C15H20N2O4/c1-10-2-3-13(12(8-10)15(19)20)17-14(18)9-21-11-4-6-16-7-5-11/h2-3,8,11,16H,4-7,9H2,1H3,(H,17,18)(H,19,20). The maximum Gasteiger partial charge on any atom is 0.337 e. The fraction of sp³-hybridized carbons (Fsp3) is 0.467. The van der Waals surface area contributed by atoms with Gasteiger partial charge in [-0.1, -0.05) is 11.6 Å². The van der Waals surface area contributed by atoms with Gasteiger partial charge in [0, 0.05) is 0 Å². The highest BCUT2D eigenvalue weighted by Crippen LogP contribution is 2.17. The summed E-state index contributed by atoms with van der Waals surface area (Å²) >= 11 is 0. The molecule has 3 N–H and O–H groups in total. The Labute approximate surface area is 123 Å². The number of carboxylic acids is 1. The van der Waals surface area contributed by atoms with Crippen LogP contribution in [0.5, 0.6) is 0 Å². The van der Waals surface area contributed by atoms with Crippen LogP contribution in [0.1, 0.15) is 28.8 Å². The lowest BCUT2D eigenvalue weighted by Gasteiger charge is -2.22. The molecule has 1 saturated heterocycles. The molecule has 0 unspecified atom stereocenters. The van der Waals surface area contributed by atoms with Gasteiger partial charge in [-0.05, 0) is 45.0 Å². The third-order valence-corrected chi connectivity index (χ3v) is 3.42. The third-order valence-electron chi connectivity index (χ3n) is 3.42. The summed E-state index contributed by atoms with van der Waals surface area (Å²) in [5.41, 5.74) is 1.22. The Morgan fingerprint density at radius 2 is 2.10 bits per heavy atom. The van der Waals surface area contributed by atoms with E-state index >= 15 is 0 Å². The van der Waals surface area contributed by atoms with Crippen LogP contribution in [-0.2, 0) is 9.53 Å². The summed E-state index contributed by atoms with van der Waals surface area (Å²) < 4.78 is 5.54. The molecule has 6 nitrogen and oxygen atoms in total. The minimum absolute atomic E-state index is 0.0579. The van der Waals surface area contributed by atoms with Crippen LogP contribution in [0.3, 0.4) is 0 Å². The molecule has 0 aliphatic carbocycles. The quantitative estimate of drug-likeness (QED) is 0.763. The van der Waals surface area contributed by atoms with Crippen LogP contribution in [0.2, 0.25) is 0 Å². The Kier molecular flexibility index (Phi) is 5.30. The highest BCUT2D eigenvalue weighted by Gasteiger charge is 2.16. The summed E-state index contributed by atoms with van der Waals surface area (Å²) in [4.78, 5) is 23.0. The van der Waals surface area contributed by atoms with Crippen molar-refractivity contribution in [2.24, 2.45) is 0 Å². The first-order chi connectivity index (χ1) is 10.1. The molecule has 6 heteroatoms. The van der Waals surface area contributed by atoms with Gasteiger partial charge in [0.15, 0.2) is 0 Å². The number of ether oxygens (including phenoxy) is 1. The van der Waals surface area contributed by atoms with Gasteiger partial charge < -0.3 is 20.5 Å². The molecule has 1 fully saturated rings. The molecule has 21 heavy (non-hydrogen) atoms. The van der Waals surface area contributed by atoms with Crippen LogP contribution in [0, 0.1) is 6.92 Å². The van der Waals surface area contributed by atoms with E-state index in [2.05, 4.69) is 10.6 Å². The van der Waals surface area contributed by atoms with E-state index < -0.39 is 5.97 Å². The summed E-state index contributed by atoms with van der Waals surface area (Å²) in [7, 11) is 0. The molecule has 0 radical (unpaired) electrons. The highest BCUT2D eigenvalue weighted by molar-refractivity contribution is 6.01. The maximum absolute atomic E-state index is 11.9. The first-order valence-electron chi connectivity index (χ1n) is 7.02. The van der Waals surface area contributed by atoms with Crippen molar-refractivity contribution in [1.29, 1.82) is 0 Å². The second-order valence-electron chi connectivity index (χ2n) is 5.16. The first kappa shape index (κ1) is 15.5. The molecule has 1 aliphatic rings. The number of aryl methyl sites for hydroxylation is 1. The lowest BCUT2D eigenvalue weighted by Crippen LogP contribution is -2.34. The summed E-state index contributed by atoms with van der Waals surface area (Å²) in [5, 5.41) is 15.0. The fourth-order valence-electron chi connectivity index (χ4n) is 2.29. The average molecular weight is 292 g/mol. The lowest BCUT2D eigenvalue weighted by molar-refractivity contribution is -0.123. The van der Waals surface area contributed by atoms with Crippen molar-refractivity contribution in [2.45, 2.75) is 25.9 Å². The van der Waals surface area contributed by atoms with Crippen molar-refractivity contribution in [3.05, 3.63) is 29.3 Å². The molecular formula is C15H20N2O4. The fourth-order valence-corrected chi connectivity index (χ4v) is 2.29. The Morgan fingerprint density at radius 1 is 1.38 bits per heavy atom. The second-order valence-corrected chi connectivity index (χ2v) is 5.16. The van der Waals surface area contributed by atoms with Crippen molar-refractivity contribution < 1.29 is 19.4 Å². The average Bonchev–Trinajstić information content (AvgIpc) is 2.48. The molecule has 1 amide bonds. The maximum atomic E-state index is 11.9. The van der Waals surface area contributed by atoms with Gasteiger partial charge in [0.05, 0.1) is 17.4 Å². The van der Waals surface area contributed by atoms with E-state index in [0.717, 1.165) is 31.5 Å². The van der Waals surface area contributed by atoms with Crippen molar-refractivity contribution >= 4 is 17.6 Å². The molecular weight excluding hydrogens is 272 g/mol. The number of carbonyl (C=O) groups is 2. The van der Waals surface area contributed by atoms with Crippen LogP contribution < -0.4 is 10.6 Å². The number of anilines is 1. The highest BCUT2D eigenvalue weighted by atomic mass is 16.5. The number of benzene rings is 1. The molecule has 1 aliphatic heterocycles.